The van der Waals surface area contributed by atoms with E-state index in [4.69, 9.17) is 30.1 Å². The van der Waals surface area contributed by atoms with Crippen molar-refractivity contribution in [1.82, 2.24) is 14.6 Å². The maximum absolute atomic E-state index is 13.8. The highest BCUT2D eigenvalue weighted by Crippen LogP contribution is 2.49. The second kappa shape index (κ2) is 11.8. The van der Waals surface area contributed by atoms with Crippen LogP contribution >= 0.6 is 19.3 Å². The highest BCUT2D eigenvalue weighted by Gasteiger charge is 2.55. The largest absolute Gasteiger partial charge is 0.462 e. The van der Waals surface area contributed by atoms with Crippen LogP contribution in [0.25, 0.3) is 0 Å². The van der Waals surface area contributed by atoms with E-state index in [0.29, 0.717) is 0 Å². The summed E-state index contributed by atoms with van der Waals surface area (Å²) in [4.78, 5) is 38.2. The third-order valence-corrected chi connectivity index (χ3v) is 7.59. The molecule has 206 valence electrons. The molecule has 0 aliphatic carbocycles. The predicted molar refractivity (Wildman–Crippen MR) is 134 cm³/mol. The fourth-order valence-corrected chi connectivity index (χ4v) is 5.42. The number of esters is 1. The number of nitrogens with one attached hydrogen (secondary N) is 2. The first-order valence-electron chi connectivity index (χ1n) is 11.5. The first-order valence-corrected chi connectivity index (χ1v) is 13.4. The van der Waals surface area contributed by atoms with E-state index >= 15 is 0 Å². The molecule has 1 aliphatic heterocycles. The number of carbonyl (C=O) groups is 1. The lowest BCUT2D eigenvalue weighted by Crippen LogP contribution is -2.41. The number of aromatic amines is 1. The van der Waals surface area contributed by atoms with Gasteiger partial charge in [0.15, 0.2) is 6.23 Å². The molecule has 0 bridgehead atoms. The molecule has 1 aromatic heterocycles. The zero-order valence-electron chi connectivity index (χ0n) is 21.0. The van der Waals surface area contributed by atoms with Crippen molar-refractivity contribution in [3.8, 4) is 11.8 Å². The Balaban J connectivity index is 1.86. The molecule has 0 radical (unpaired) electrons. The standard InChI is InChI=1S/C23H28ClN4O9P/c1-13(2)35-20(31)14(3)27-38(33,37-16-8-6-5-7-15(16)24)34-11-17-19(30)23(4,12-25)21(36-17)28-10-9-18(29)26-22(28)32/h5-10,13-14,17,19,21,30H,11H2,1-4H3,(H,27,33)(H,26,29,32)/t14-,17+,19+,21+,23+,38?/m0/s1. The minimum absolute atomic E-state index is 0.0122. The van der Waals surface area contributed by atoms with Gasteiger partial charge in [0, 0.05) is 12.3 Å². The third-order valence-electron chi connectivity index (χ3n) is 5.65. The normalized spacial score (nSPS) is 25.4. The van der Waals surface area contributed by atoms with Gasteiger partial charge in [-0.2, -0.15) is 10.3 Å². The number of nitriles is 1. The summed E-state index contributed by atoms with van der Waals surface area (Å²) in [6.45, 7) is 5.46. The van der Waals surface area contributed by atoms with Gasteiger partial charge in [-0.05, 0) is 39.8 Å². The molecule has 1 aromatic carbocycles. The highest BCUT2D eigenvalue weighted by molar-refractivity contribution is 7.52. The first-order chi connectivity index (χ1) is 17.8. The summed E-state index contributed by atoms with van der Waals surface area (Å²) in [7, 11) is -4.38. The molecule has 1 unspecified atom stereocenters. The summed E-state index contributed by atoms with van der Waals surface area (Å²) in [5.74, 6) is -0.736. The van der Waals surface area contributed by atoms with Crippen molar-refractivity contribution in [3.05, 3.63) is 62.4 Å². The summed E-state index contributed by atoms with van der Waals surface area (Å²) in [5, 5.41) is 23.3. The van der Waals surface area contributed by atoms with Crippen LogP contribution in [0.3, 0.4) is 0 Å². The van der Waals surface area contributed by atoms with Crippen LogP contribution in [0.2, 0.25) is 5.02 Å². The maximum atomic E-state index is 13.8. The Kier molecular flexibility index (Phi) is 9.20. The molecular formula is C23H28ClN4O9P. The quantitative estimate of drug-likeness (QED) is 0.281. The lowest BCUT2D eigenvalue weighted by molar-refractivity contribution is -0.149. The van der Waals surface area contributed by atoms with Gasteiger partial charge >= 0.3 is 19.4 Å². The summed E-state index contributed by atoms with van der Waals surface area (Å²) in [6.07, 6.45) is -3.42. The summed E-state index contributed by atoms with van der Waals surface area (Å²) in [6, 6.07) is 8.00. The number of ether oxygens (including phenoxy) is 2. The Labute approximate surface area is 222 Å². The second-order valence-corrected chi connectivity index (χ2v) is 11.1. The minimum atomic E-state index is -4.38. The van der Waals surface area contributed by atoms with E-state index < -0.39 is 67.6 Å². The van der Waals surface area contributed by atoms with Gasteiger partial charge < -0.3 is 19.1 Å². The lowest BCUT2D eigenvalue weighted by atomic mass is 9.84. The molecule has 6 atom stereocenters. The Bertz CT molecular complexity index is 1370. The van der Waals surface area contributed by atoms with Crippen LogP contribution in [-0.2, 0) is 23.4 Å². The van der Waals surface area contributed by atoms with E-state index in [0.717, 1.165) is 16.8 Å². The monoisotopic (exact) mass is 570 g/mol. The minimum Gasteiger partial charge on any atom is -0.462 e. The molecule has 1 aliphatic rings. The van der Waals surface area contributed by atoms with Crippen molar-refractivity contribution >= 4 is 25.3 Å². The van der Waals surface area contributed by atoms with Gasteiger partial charge in [0.05, 0.1) is 23.8 Å². The zero-order valence-corrected chi connectivity index (χ0v) is 22.6. The molecule has 38 heavy (non-hydrogen) atoms. The van der Waals surface area contributed by atoms with E-state index in [-0.39, 0.29) is 10.8 Å². The number of hydrogen-bond acceptors (Lipinski definition) is 10. The molecule has 2 aromatic rings. The second-order valence-electron chi connectivity index (χ2n) is 9.04. The van der Waals surface area contributed by atoms with Crippen molar-refractivity contribution in [2.45, 2.75) is 58.3 Å². The molecular weight excluding hydrogens is 543 g/mol. The summed E-state index contributed by atoms with van der Waals surface area (Å²) < 4.78 is 36.7. The van der Waals surface area contributed by atoms with Crippen LogP contribution in [0.15, 0.2) is 46.1 Å². The first kappa shape index (κ1) is 29.6. The number of carbonyl (C=O) groups excluding carboxylic acids is 1. The molecule has 2 heterocycles. The van der Waals surface area contributed by atoms with Crippen LogP contribution in [0, 0.1) is 16.7 Å². The van der Waals surface area contributed by atoms with E-state index in [1.807, 2.05) is 6.07 Å². The summed E-state index contributed by atoms with van der Waals surface area (Å²) in [5.41, 5.74) is -3.17. The Morgan fingerprint density at radius 3 is 2.63 bits per heavy atom. The fraction of sp³-hybridized carbons (Fsp3) is 0.478. The highest BCUT2D eigenvalue weighted by atomic mass is 35.5. The van der Waals surface area contributed by atoms with Crippen LogP contribution in [-0.4, -0.2) is 51.6 Å². The van der Waals surface area contributed by atoms with E-state index in [1.54, 1.807) is 26.0 Å². The van der Waals surface area contributed by atoms with Crippen molar-refractivity contribution in [2.24, 2.45) is 5.41 Å². The van der Waals surface area contributed by atoms with Gasteiger partial charge in [-0.3, -0.25) is 23.7 Å². The number of H-pyrrole nitrogens is 1. The third kappa shape index (κ3) is 6.53. The number of hydrogen-bond donors (Lipinski definition) is 3. The van der Waals surface area contributed by atoms with E-state index in [2.05, 4.69) is 10.1 Å². The van der Waals surface area contributed by atoms with Crippen molar-refractivity contribution < 1.29 is 33.0 Å². The van der Waals surface area contributed by atoms with Gasteiger partial charge in [0.1, 0.15) is 29.4 Å². The Morgan fingerprint density at radius 2 is 2.03 bits per heavy atom. The number of nitrogens with zero attached hydrogens (tertiary/aromatic N) is 2. The number of rotatable bonds is 10. The molecule has 13 nitrogen and oxygen atoms in total. The number of halogens is 1. The summed E-state index contributed by atoms with van der Waals surface area (Å²) >= 11 is 6.14. The average molecular weight is 571 g/mol. The van der Waals surface area contributed by atoms with Gasteiger partial charge in [-0.25, -0.2) is 9.36 Å². The van der Waals surface area contributed by atoms with Gasteiger partial charge in [-0.1, -0.05) is 23.7 Å². The molecule has 0 spiro atoms. The van der Waals surface area contributed by atoms with Crippen molar-refractivity contribution in [2.75, 3.05) is 6.61 Å². The van der Waals surface area contributed by atoms with Crippen LogP contribution < -0.4 is 20.9 Å². The van der Waals surface area contributed by atoms with Gasteiger partial charge in [0.2, 0.25) is 0 Å². The number of aliphatic hydroxyl groups is 1. The number of aromatic nitrogens is 2. The number of aliphatic hydroxyl groups excluding tert-OH is 1. The Morgan fingerprint density at radius 1 is 1.34 bits per heavy atom. The Hall–Kier alpha value is -2.98. The van der Waals surface area contributed by atoms with Gasteiger partial charge in [-0.15, -0.1) is 0 Å². The van der Waals surface area contributed by atoms with Gasteiger partial charge in [0.25, 0.3) is 5.56 Å². The molecule has 1 saturated heterocycles. The molecule has 0 saturated carbocycles. The number of benzene rings is 1. The molecule has 0 amide bonds. The smallest absolute Gasteiger partial charge is 0.459 e. The van der Waals surface area contributed by atoms with Crippen molar-refractivity contribution in [1.29, 1.82) is 5.26 Å². The molecule has 1 fully saturated rings. The lowest BCUT2D eigenvalue weighted by Gasteiger charge is -2.26. The fourth-order valence-electron chi connectivity index (χ4n) is 3.67. The van der Waals surface area contributed by atoms with Crippen LogP contribution in [0.1, 0.15) is 33.9 Å². The van der Waals surface area contributed by atoms with Crippen LogP contribution in [0.5, 0.6) is 5.75 Å². The van der Waals surface area contributed by atoms with E-state index in [9.17, 15) is 29.3 Å². The van der Waals surface area contributed by atoms with Crippen molar-refractivity contribution in [3.63, 3.8) is 0 Å². The molecule has 3 rings (SSSR count). The zero-order chi connectivity index (χ0) is 28.3. The SMILES string of the molecule is CC(C)OC(=O)[C@H](C)NP(=O)(OC[C@H]1O[C@@H](n2ccc(=O)[nH]c2=O)[C@](C)(C#N)[C@@H]1O)Oc1ccccc1Cl. The van der Waals surface area contributed by atoms with E-state index in [1.165, 1.54) is 26.0 Å². The van der Waals surface area contributed by atoms with Crippen LogP contribution in [0.4, 0.5) is 0 Å². The number of para-hydroxylation sites is 1. The predicted octanol–water partition coefficient (Wildman–Crippen LogP) is 2.11. The average Bonchev–Trinajstić information content (AvgIpc) is 3.09. The maximum Gasteiger partial charge on any atom is 0.459 e. The topological polar surface area (TPSA) is 182 Å². The molecule has 3 N–H and O–H groups in total. The molecule has 15 heteroatoms.